The predicted molar refractivity (Wildman–Crippen MR) is 83.7 cm³/mol. The maximum atomic E-state index is 12.3. The first-order valence-corrected chi connectivity index (χ1v) is 7.74. The van der Waals surface area contributed by atoms with Gasteiger partial charge in [-0.05, 0) is 39.3 Å². The lowest BCUT2D eigenvalue weighted by atomic mass is 9.75. The van der Waals surface area contributed by atoms with Crippen LogP contribution in [0.15, 0.2) is 12.1 Å². The second-order valence-electron chi connectivity index (χ2n) is 7.04. The Balaban J connectivity index is 1.85. The van der Waals surface area contributed by atoms with E-state index in [1.807, 2.05) is 32.9 Å². The molecule has 0 spiro atoms. The van der Waals surface area contributed by atoms with Crippen molar-refractivity contribution in [3.63, 3.8) is 0 Å². The molecule has 5 nitrogen and oxygen atoms in total. The molecule has 0 saturated heterocycles. The van der Waals surface area contributed by atoms with Crippen LogP contribution in [0.3, 0.4) is 0 Å². The number of pyridine rings is 1. The van der Waals surface area contributed by atoms with Gasteiger partial charge in [-0.3, -0.25) is 4.90 Å². The average Bonchev–Trinajstić information content (AvgIpc) is 2.79. The Morgan fingerprint density at radius 3 is 2.68 bits per heavy atom. The predicted octanol–water partition coefficient (Wildman–Crippen LogP) is 3.68. The number of anilines is 1. The van der Waals surface area contributed by atoms with E-state index >= 15 is 0 Å². The monoisotopic (exact) mass is 299 g/mol. The number of nitrogens with zero attached hydrogens (tertiary/aromatic N) is 3. The Morgan fingerprint density at radius 2 is 2.14 bits per heavy atom. The van der Waals surface area contributed by atoms with Gasteiger partial charge in [-0.25, -0.2) is 16.4 Å². The van der Waals surface area contributed by atoms with Crippen molar-refractivity contribution in [1.82, 2.24) is 4.98 Å². The van der Waals surface area contributed by atoms with Crippen molar-refractivity contribution in [2.24, 2.45) is 0 Å². The van der Waals surface area contributed by atoms with E-state index in [1.165, 1.54) is 0 Å². The average molecular weight is 299 g/mol. The van der Waals surface area contributed by atoms with Crippen molar-refractivity contribution in [3.05, 3.63) is 34.9 Å². The van der Waals surface area contributed by atoms with E-state index in [0.717, 1.165) is 42.8 Å². The van der Waals surface area contributed by atoms with Gasteiger partial charge in [0.1, 0.15) is 11.3 Å². The molecule has 2 heterocycles. The molecule has 1 aliphatic carbocycles. The van der Waals surface area contributed by atoms with Crippen molar-refractivity contribution in [1.29, 1.82) is 0 Å². The summed E-state index contributed by atoms with van der Waals surface area (Å²) in [5, 5.41) is 0. The van der Waals surface area contributed by atoms with Gasteiger partial charge in [0.25, 0.3) is 5.54 Å². The van der Waals surface area contributed by atoms with E-state index in [2.05, 4.69) is 9.83 Å². The Bertz CT molecular complexity index is 651. The Kier molecular flexibility index (Phi) is 3.36. The molecule has 22 heavy (non-hydrogen) atoms. The van der Waals surface area contributed by atoms with Crippen molar-refractivity contribution in [2.45, 2.75) is 57.6 Å². The molecular formula is C17H21N3O2. The second kappa shape index (κ2) is 4.98. The molecule has 1 aromatic rings. The van der Waals surface area contributed by atoms with E-state index in [4.69, 9.17) is 11.3 Å². The summed E-state index contributed by atoms with van der Waals surface area (Å²) in [5.41, 5.74) is 1.65. The van der Waals surface area contributed by atoms with Crippen LogP contribution in [0.2, 0.25) is 0 Å². The number of rotatable bonds is 1. The van der Waals surface area contributed by atoms with E-state index in [1.54, 1.807) is 4.90 Å². The standard InChI is InChI=1S/C17H21N3O2/c1-16(2,3)22-15(21)20-11-8-12-13(20)6-7-14(19-12)17(18-4)9-5-10-17/h6-7H,5,8-11H2,1-3H3. The smallest absolute Gasteiger partial charge is 0.414 e. The summed E-state index contributed by atoms with van der Waals surface area (Å²) >= 11 is 0. The lowest BCUT2D eigenvalue weighted by Gasteiger charge is -2.29. The van der Waals surface area contributed by atoms with Crippen LogP contribution in [0, 0.1) is 6.57 Å². The van der Waals surface area contributed by atoms with Crippen LogP contribution in [0.1, 0.15) is 51.4 Å². The molecule has 3 rings (SSSR count). The Morgan fingerprint density at radius 1 is 1.41 bits per heavy atom. The number of amides is 1. The van der Waals surface area contributed by atoms with Gasteiger partial charge in [-0.15, -0.1) is 0 Å². The van der Waals surface area contributed by atoms with Gasteiger partial charge in [0.15, 0.2) is 0 Å². The van der Waals surface area contributed by atoms with Crippen LogP contribution in [0.5, 0.6) is 0 Å². The number of fused-ring (bicyclic) bond motifs is 1. The number of ether oxygens (including phenoxy) is 1. The number of hydrogen-bond donors (Lipinski definition) is 0. The largest absolute Gasteiger partial charge is 0.443 e. The topological polar surface area (TPSA) is 46.8 Å². The minimum atomic E-state index is -0.507. The highest BCUT2D eigenvalue weighted by atomic mass is 16.6. The van der Waals surface area contributed by atoms with Crippen molar-refractivity contribution in [3.8, 4) is 0 Å². The van der Waals surface area contributed by atoms with Gasteiger partial charge in [-0.2, -0.15) is 0 Å². The fraction of sp³-hybridized carbons (Fsp3) is 0.588. The normalized spacial score (nSPS) is 19.1. The molecular weight excluding hydrogens is 278 g/mol. The maximum absolute atomic E-state index is 12.3. The molecule has 1 saturated carbocycles. The van der Waals surface area contributed by atoms with E-state index in [-0.39, 0.29) is 6.09 Å². The zero-order valence-electron chi connectivity index (χ0n) is 13.3. The summed E-state index contributed by atoms with van der Waals surface area (Å²) in [7, 11) is 0. The van der Waals surface area contributed by atoms with Gasteiger partial charge in [-0.1, -0.05) is 0 Å². The van der Waals surface area contributed by atoms with Gasteiger partial charge < -0.3 is 9.58 Å². The maximum Gasteiger partial charge on any atom is 0.414 e. The molecule has 2 aliphatic rings. The molecule has 0 radical (unpaired) electrons. The van der Waals surface area contributed by atoms with Crippen molar-refractivity contribution < 1.29 is 9.53 Å². The summed E-state index contributed by atoms with van der Waals surface area (Å²) in [6.07, 6.45) is 3.25. The third-order valence-corrected chi connectivity index (χ3v) is 4.30. The summed E-state index contributed by atoms with van der Waals surface area (Å²) in [6, 6.07) is 3.82. The fourth-order valence-corrected chi connectivity index (χ4v) is 2.96. The molecule has 0 bridgehead atoms. The first-order chi connectivity index (χ1) is 10.3. The zero-order valence-corrected chi connectivity index (χ0v) is 13.3. The van der Waals surface area contributed by atoms with Crippen molar-refractivity contribution in [2.75, 3.05) is 11.4 Å². The summed E-state index contributed by atoms with van der Waals surface area (Å²) in [5.74, 6) is 0. The van der Waals surface area contributed by atoms with Crippen LogP contribution < -0.4 is 4.90 Å². The minimum absolute atomic E-state index is 0.329. The minimum Gasteiger partial charge on any atom is -0.443 e. The van der Waals surface area contributed by atoms with E-state index < -0.39 is 11.1 Å². The van der Waals surface area contributed by atoms with Gasteiger partial charge in [0.05, 0.1) is 11.4 Å². The van der Waals surface area contributed by atoms with Crippen LogP contribution in [-0.2, 0) is 16.7 Å². The molecule has 1 aliphatic heterocycles. The van der Waals surface area contributed by atoms with Gasteiger partial charge in [0.2, 0.25) is 0 Å². The van der Waals surface area contributed by atoms with Gasteiger partial charge in [0, 0.05) is 25.8 Å². The quantitative estimate of drug-likeness (QED) is 0.743. The molecule has 0 N–H and O–H groups in total. The Hall–Kier alpha value is -2.09. The molecule has 1 fully saturated rings. The summed E-state index contributed by atoms with van der Waals surface area (Å²) in [4.78, 5) is 22.4. The zero-order chi connectivity index (χ0) is 16.0. The molecule has 1 amide bonds. The third kappa shape index (κ3) is 2.43. The molecule has 0 aromatic carbocycles. The molecule has 1 aromatic heterocycles. The summed E-state index contributed by atoms with van der Waals surface area (Å²) < 4.78 is 5.44. The SMILES string of the molecule is [C-]#[N+]C1(c2ccc3c(n2)CCN3C(=O)OC(C)(C)C)CCC1. The van der Waals surface area contributed by atoms with E-state index in [9.17, 15) is 4.79 Å². The number of carbonyl (C=O) groups excluding carboxylic acids is 1. The highest BCUT2D eigenvalue weighted by Gasteiger charge is 2.47. The number of aromatic nitrogens is 1. The first kappa shape index (κ1) is 14.8. The highest BCUT2D eigenvalue weighted by Crippen LogP contribution is 2.45. The first-order valence-electron chi connectivity index (χ1n) is 7.74. The third-order valence-electron chi connectivity index (χ3n) is 4.30. The van der Waals surface area contributed by atoms with Crippen LogP contribution in [-0.4, -0.2) is 23.2 Å². The van der Waals surface area contributed by atoms with Crippen molar-refractivity contribution >= 4 is 11.8 Å². The molecule has 0 atom stereocenters. The Labute approximate surface area is 131 Å². The molecule has 5 heteroatoms. The number of carbonyl (C=O) groups is 1. The van der Waals surface area contributed by atoms with E-state index in [0.29, 0.717) is 6.54 Å². The lowest BCUT2D eigenvalue weighted by molar-refractivity contribution is 0.0584. The fourth-order valence-electron chi connectivity index (χ4n) is 2.96. The highest BCUT2D eigenvalue weighted by molar-refractivity contribution is 5.90. The van der Waals surface area contributed by atoms with Crippen LogP contribution in [0.4, 0.5) is 10.5 Å². The second-order valence-corrected chi connectivity index (χ2v) is 7.04. The summed E-state index contributed by atoms with van der Waals surface area (Å²) in [6.45, 7) is 13.6. The lowest BCUT2D eigenvalue weighted by Crippen LogP contribution is -2.35. The molecule has 0 unspecified atom stereocenters. The van der Waals surface area contributed by atoms with Gasteiger partial charge >= 0.3 is 6.09 Å². The van der Waals surface area contributed by atoms with Crippen LogP contribution >= 0.6 is 0 Å². The molecule has 116 valence electrons. The number of hydrogen-bond acceptors (Lipinski definition) is 3. The van der Waals surface area contributed by atoms with Crippen LogP contribution in [0.25, 0.3) is 4.85 Å².